The highest BCUT2D eigenvalue weighted by Crippen LogP contribution is 2.16. The van der Waals surface area contributed by atoms with Gasteiger partial charge < -0.3 is 4.74 Å². The molecule has 0 saturated heterocycles. The third-order valence-corrected chi connectivity index (χ3v) is 2.68. The van der Waals surface area contributed by atoms with Crippen molar-refractivity contribution in [1.82, 2.24) is 9.78 Å². The largest absolute Gasteiger partial charge is 0.490 e. The highest BCUT2D eigenvalue weighted by molar-refractivity contribution is 7.80. The summed E-state index contributed by atoms with van der Waals surface area (Å²) in [4.78, 5) is 12.5. The van der Waals surface area contributed by atoms with Gasteiger partial charge in [0.2, 0.25) is 5.75 Å². The van der Waals surface area contributed by atoms with Gasteiger partial charge in [0.1, 0.15) is 0 Å². The summed E-state index contributed by atoms with van der Waals surface area (Å²) in [6, 6.07) is 7.53. The Balaban J connectivity index is 2.65. The van der Waals surface area contributed by atoms with Gasteiger partial charge in [0.15, 0.2) is 0 Å². The summed E-state index contributed by atoms with van der Waals surface area (Å²) in [6.45, 7) is 1.96. The molecule has 4 nitrogen and oxygen atoms in total. The lowest BCUT2D eigenvalue weighted by Gasteiger charge is -2.08. The van der Waals surface area contributed by atoms with Gasteiger partial charge in [-0.15, -0.1) is 12.6 Å². The van der Waals surface area contributed by atoms with E-state index in [1.807, 2.05) is 31.2 Å². The Morgan fingerprint density at radius 2 is 2.18 bits per heavy atom. The molecule has 1 heterocycles. The first kappa shape index (κ1) is 11.7. The molecule has 0 fully saturated rings. The van der Waals surface area contributed by atoms with Gasteiger partial charge in [0.25, 0.3) is 0 Å². The first-order valence-corrected chi connectivity index (χ1v) is 5.50. The van der Waals surface area contributed by atoms with Crippen molar-refractivity contribution >= 4 is 12.6 Å². The number of benzene rings is 1. The quantitative estimate of drug-likeness (QED) is 0.825. The van der Waals surface area contributed by atoms with Crippen LogP contribution < -0.4 is 10.3 Å². The van der Waals surface area contributed by atoms with Crippen molar-refractivity contribution in [1.29, 1.82) is 0 Å². The molecule has 0 N–H and O–H groups in total. The SMILES string of the molecule is COc1c(S)cnn(-c2cccc(C)c2)c1=O. The van der Waals surface area contributed by atoms with Gasteiger partial charge in [-0.1, -0.05) is 12.1 Å². The minimum Gasteiger partial charge on any atom is -0.490 e. The molecule has 0 saturated carbocycles. The number of aryl methyl sites for hydroxylation is 1. The van der Waals surface area contributed by atoms with E-state index in [1.165, 1.54) is 18.0 Å². The molecule has 0 unspecified atom stereocenters. The Kier molecular flexibility index (Phi) is 3.19. The molecule has 0 aliphatic carbocycles. The molecule has 17 heavy (non-hydrogen) atoms. The number of ether oxygens (including phenoxy) is 1. The second kappa shape index (κ2) is 4.63. The van der Waals surface area contributed by atoms with Gasteiger partial charge >= 0.3 is 5.56 Å². The van der Waals surface area contributed by atoms with E-state index in [2.05, 4.69) is 17.7 Å². The number of hydrogen-bond acceptors (Lipinski definition) is 4. The zero-order valence-electron chi connectivity index (χ0n) is 9.54. The molecule has 0 aliphatic heterocycles. The van der Waals surface area contributed by atoms with Gasteiger partial charge in [0.05, 0.1) is 23.9 Å². The predicted octanol–water partition coefficient (Wildman–Crippen LogP) is 1.84. The molecule has 1 aromatic heterocycles. The second-order valence-corrected chi connectivity index (χ2v) is 4.10. The molecule has 0 aliphatic rings. The predicted molar refractivity (Wildman–Crippen MR) is 68.4 cm³/mol. The average Bonchev–Trinajstić information content (AvgIpc) is 2.29. The van der Waals surface area contributed by atoms with E-state index in [1.54, 1.807) is 0 Å². The number of thiol groups is 1. The van der Waals surface area contributed by atoms with Crippen LogP contribution in [0.1, 0.15) is 5.56 Å². The van der Waals surface area contributed by atoms with Crippen molar-refractivity contribution < 1.29 is 4.74 Å². The molecular weight excluding hydrogens is 236 g/mol. The molecule has 0 atom stereocenters. The fourth-order valence-corrected chi connectivity index (χ4v) is 1.80. The summed E-state index contributed by atoms with van der Waals surface area (Å²) < 4.78 is 6.32. The van der Waals surface area contributed by atoms with E-state index in [0.717, 1.165) is 5.56 Å². The Morgan fingerprint density at radius 1 is 1.41 bits per heavy atom. The van der Waals surface area contributed by atoms with Crippen molar-refractivity contribution in [3.63, 3.8) is 0 Å². The van der Waals surface area contributed by atoms with E-state index in [9.17, 15) is 4.79 Å². The highest BCUT2D eigenvalue weighted by Gasteiger charge is 2.10. The van der Waals surface area contributed by atoms with Crippen molar-refractivity contribution in [3.05, 3.63) is 46.4 Å². The maximum Gasteiger partial charge on any atom is 0.314 e. The third-order valence-electron chi connectivity index (χ3n) is 2.37. The minimum absolute atomic E-state index is 0.199. The minimum atomic E-state index is -0.314. The summed E-state index contributed by atoms with van der Waals surface area (Å²) in [5, 5.41) is 4.05. The lowest BCUT2D eigenvalue weighted by Crippen LogP contribution is -2.22. The Hall–Kier alpha value is -1.75. The van der Waals surface area contributed by atoms with Crippen LogP contribution in [0.15, 0.2) is 40.2 Å². The van der Waals surface area contributed by atoms with Crippen LogP contribution in [0.2, 0.25) is 0 Å². The van der Waals surface area contributed by atoms with Gasteiger partial charge in [-0.3, -0.25) is 4.79 Å². The monoisotopic (exact) mass is 248 g/mol. The Morgan fingerprint density at radius 3 is 2.82 bits per heavy atom. The van der Waals surface area contributed by atoms with E-state index in [-0.39, 0.29) is 11.3 Å². The summed E-state index contributed by atoms with van der Waals surface area (Å²) in [5.74, 6) is 0.199. The molecule has 0 spiro atoms. The van der Waals surface area contributed by atoms with Crippen molar-refractivity contribution in [2.24, 2.45) is 0 Å². The van der Waals surface area contributed by atoms with Crippen molar-refractivity contribution in [2.45, 2.75) is 11.8 Å². The van der Waals surface area contributed by atoms with E-state index >= 15 is 0 Å². The molecule has 5 heteroatoms. The Labute approximate surface area is 104 Å². The molecule has 0 amide bonds. The number of aromatic nitrogens is 2. The summed E-state index contributed by atoms with van der Waals surface area (Å²) in [5.41, 5.74) is 1.46. The topological polar surface area (TPSA) is 44.1 Å². The van der Waals surface area contributed by atoms with Crippen molar-refractivity contribution in [3.8, 4) is 11.4 Å². The molecule has 88 valence electrons. The summed E-state index contributed by atoms with van der Waals surface area (Å²) >= 11 is 4.13. The normalized spacial score (nSPS) is 10.3. The maximum absolute atomic E-state index is 12.1. The zero-order chi connectivity index (χ0) is 12.4. The fraction of sp³-hybridized carbons (Fsp3) is 0.167. The number of methoxy groups -OCH3 is 1. The highest BCUT2D eigenvalue weighted by atomic mass is 32.1. The fourth-order valence-electron chi connectivity index (χ4n) is 1.56. The van der Waals surface area contributed by atoms with Gasteiger partial charge in [-0.05, 0) is 24.6 Å². The third kappa shape index (κ3) is 2.19. The molecule has 0 radical (unpaired) electrons. The molecule has 1 aromatic carbocycles. The van der Waals surface area contributed by atoms with E-state index in [4.69, 9.17) is 4.74 Å². The van der Waals surface area contributed by atoms with E-state index in [0.29, 0.717) is 10.6 Å². The Bertz CT molecular complexity index is 608. The van der Waals surface area contributed by atoms with Gasteiger partial charge in [-0.25, -0.2) is 0 Å². The van der Waals surface area contributed by atoms with Crippen LogP contribution in [0.4, 0.5) is 0 Å². The number of nitrogens with zero attached hydrogens (tertiary/aromatic N) is 2. The van der Waals surface area contributed by atoms with Crippen LogP contribution in [0, 0.1) is 6.92 Å². The lowest BCUT2D eigenvalue weighted by atomic mass is 10.2. The standard InChI is InChI=1S/C12H12N2O2S/c1-8-4-3-5-9(6-8)14-12(15)11(16-2)10(17)7-13-14/h3-7,17H,1-2H3. The van der Waals surface area contributed by atoms with Crippen LogP contribution in [-0.4, -0.2) is 16.9 Å². The zero-order valence-corrected chi connectivity index (χ0v) is 10.4. The van der Waals surface area contributed by atoms with Crippen LogP contribution >= 0.6 is 12.6 Å². The van der Waals surface area contributed by atoms with Crippen LogP contribution in [0.25, 0.3) is 5.69 Å². The molecule has 2 aromatic rings. The first-order chi connectivity index (χ1) is 8.13. The lowest BCUT2D eigenvalue weighted by molar-refractivity contribution is 0.392. The molecule has 2 rings (SSSR count). The number of hydrogen-bond donors (Lipinski definition) is 1. The second-order valence-electron chi connectivity index (χ2n) is 3.62. The van der Waals surface area contributed by atoms with Gasteiger partial charge in [0, 0.05) is 0 Å². The van der Waals surface area contributed by atoms with Crippen LogP contribution in [0.5, 0.6) is 5.75 Å². The van der Waals surface area contributed by atoms with Crippen LogP contribution in [-0.2, 0) is 0 Å². The van der Waals surface area contributed by atoms with E-state index < -0.39 is 0 Å². The number of rotatable bonds is 2. The molecule has 0 bridgehead atoms. The molecular formula is C12H12N2O2S. The van der Waals surface area contributed by atoms with Crippen molar-refractivity contribution in [2.75, 3.05) is 7.11 Å². The average molecular weight is 248 g/mol. The van der Waals surface area contributed by atoms with Gasteiger partial charge in [-0.2, -0.15) is 9.78 Å². The summed E-state index contributed by atoms with van der Waals surface area (Å²) in [6.07, 6.45) is 1.49. The smallest absolute Gasteiger partial charge is 0.314 e. The van der Waals surface area contributed by atoms with Crippen LogP contribution in [0.3, 0.4) is 0 Å². The maximum atomic E-state index is 12.1. The first-order valence-electron chi connectivity index (χ1n) is 5.06. The summed E-state index contributed by atoms with van der Waals surface area (Å²) in [7, 11) is 1.44.